The lowest BCUT2D eigenvalue weighted by Gasteiger charge is -2.37. The third-order valence-electron chi connectivity index (χ3n) is 5.70. The first-order valence-corrected chi connectivity index (χ1v) is 10.5. The summed E-state index contributed by atoms with van der Waals surface area (Å²) in [4.78, 5) is 53.8. The second-order valence-corrected chi connectivity index (χ2v) is 7.93. The Morgan fingerprint density at radius 2 is 1.73 bits per heavy atom. The minimum atomic E-state index is -0.912. The van der Waals surface area contributed by atoms with Crippen LogP contribution in [0.3, 0.4) is 0 Å². The van der Waals surface area contributed by atoms with E-state index >= 15 is 0 Å². The Bertz CT molecular complexity index is 692. The molecule has 5 atom stereocenters. The molecule has 1 unspecified atom stereocenters. The van der Waals surface area contributed by atoms with Gasteiger partial charge >= 0.3 is 0 Å². The second kappa shape index (κ2) is 10.9. The summed E-state index contributed by atoms with van der Waals surface area (Å²) in [6.07, 6.45) is 3.56. The van der Waals surface area contributed by atoms with Crippen molar-refractivity contribution in [2.24, 2.45) is 34.0 Å². The molecular weight excluding hydrogens is 390 g/mol. The Morgan fingerprint density at radius 1 is 1.03 bits per heavy atom. The highest BCUT2D eigenvalue weighted by atomic mass is 16.2. The summed E-state index contributed by atoms with van der Waals surface area (Å²) >= 11 is 0. The Hall–Kier alpha value is -2.69. The number of nitrogens with two attached hydrogens (primary N) is 3. The zero-order valence-electron chi connectivity index (χ0n) is 17.4. The molecule has 11 heteroatoms. The minimum absolute atomic E-state index is 0.0434. The van der Waals surface area contributed by atoms with Crippen LogP contribution in [0.2, 0.25) is 0 Å². The number of nitrogens with zero attached hydrogens (tertiary/aromatic N) is 1. The van der Waals surface area contributed by atoms with Crippen LogP contribution in [0.5, 0.6) is 0 Å². The number of nitrogens with one attached hydrogen (secondary N) is 3. The average molecular weight is 424 g/mol. The molecular formula is C19H33N7O4. The summed E-state index contributed by atoms with van der Waals surface area (Å²) in [6.45, 7) is 2.66. The molecule has 11 nitrogen and oxygen atoms in total. The van der Waals surface area contributed by atoms with Gasteiger partial charge in [-0.1, -0.05) is 19.8 Å². The van der Waals surface area contributed by atoms with E-state index in [9.17, 15) is 19.2 Å². The number of amides is 3. The van der Waals surface area contributed by atoms with Gasteiger partial charge in [-0.05, 0) is 25.7 Å². The first-order chi connectivity index (χ1) is 14.2. The lowest BCUT2D eigenvalue weighted by Crippen LogP contribution is -2.64. The number of rotatable bonds is 10. The molecule has 0 aliphatic carbocycles. The van der Waals surface area contributed by atoms with Gasteiger partial charge in [0.25, 0.3) is 0 Å². The maximum absolute atomic E-state index is 13.2. The smallest absolute Gasteiger partial charge is 0.240 e. The minimum Gasteiger partial charge on any atom is -0.370 e. The molecule has 168 valence electrons. The van der Waals surface area contributed by atoms with E-state index in [0.29, 0.717) is 32.4 Å². The lowest BCUT2D eigenvalue weighted by molar-refractivity contribution is -0.143. The maximum atomic E-state index is 13.2. The topological polar surface area (TPSA) is 195 Å². The standard InChI is InChI=1S/C19H33N7O4/c1-2-3-6-12-18(30)26-14(9-24-12)15(27)11-8-13(16(20)28)25-17(29)10(11)5-4-7-23-19(21)22/h10-14,24H,2-9H2,1H3,(H2,20,28)(H,25,29)(H,26,30)(H4,21,22,23)/t10-,11?,12-,13+,14+/m1/s1. The van der Waals surface area contributed by atoms with Crippen LogP contribution in [0.1, 0.15) is 45.4 Å². The number of carbonyl (C=O) groups is 4. The van der Waals surface area contributed by atoms with Crippen LogP contribution in [0.15, 0.2) is 4.99 Å². The number of guanidine groups is 1. The highest BCUT2D eigenvalue weighted by Crippen LogP contribution is 2.29. The van der Waals surface area contributed by atoms with Crippen molar-refractivity contribution in [1.29, 1.82) is 0 Å². The van der Waals surface area contributed by atoms with Crippen LogP contribution in [0, 0.1) is 11.8 Å². The van der Waals surface area contributed by atoms with Gasteiger partial charge in [-0.2, -0.15) is 0 Å². The molecule has 3 amide bonds. The van der Waals surface area contributed by atoms with Gasteiger partial charge < -0.3 is 33.2 Å². The van der Waals surface area contributed by atoms with Gasteiger partial charge in [-0.25, -0.2) is 0 Å². The Balaban J connectivity index is 2.08. The van der Waals surface area contributed by atoms with Crippen molar-refractivity contribution in [2.45, 2.75) is 63.6 Å². The predicted octanol–water partition coefficient (Wildman–Crippen LogP) is -2.14. The van der Waals surface area contributed by atoms with Crippen LogP contribution in [0.25, 0.3) is 0 Å². The Labute approximate surface area is 176 Å². The molecule has 2 fully saturated rings. The fraction of sp³-hybridized carbons (Fsp3) is 0.737. The molecule has 0 radical (unpaired) electrons. The SMILES string of the molecule is CCCC[C@H]1NC[C@@H](C(=O)C2C[C@@H](C(N)=O)NC(=O)[C@@H]2CCCN=C(N)N)NC1=O. The fourth-order valence-corrected chi connectivity index (χ4v) is 4.04. The van der Waals surface area contributed by atoms with Crippen LogP contribution >= 0.6 is 0 Å². The van der Waals surface area contributed by atoms with Crippen molar-refractivity contribution in [3.8, 4) is 0 Å². The molecule has 2 saturated heterocycles. The number of piperidine rings is 1. The summed E-state index contributed by atoms with van der Waals surface area (Å²) < 4.78 is 0. The monoisotopic (exact) mass is 423 g/mol. The molecule has 2 aliphatic rings. The van der Waals surface area contributed by atoms with Gasteiger partial charge in [0.2, 0.25) is 17.7 Å². The van der Waals surface area contributed by atoms with Gasteiger partial charge in [0.05, 0.1) is 6.04 Å². The van der Waals surface area contributed by atoms with Crippen molar-refractivity contribution < 1.29 is 19.2 Å². The lowest BCUT2D eigenvalue weighted by atomic mass is 9.75. The van der Waals surface area contributed by atoms with Gasteiger partial charge in [-0.3, -0.25) is 24.2 Å². The van der Waals surface area contributed by atoms with E-state index in [4.69, 9.17) is 17.2 Å². The third kappa shape index (κ3) is 6.15. The zero-order chi connectivity index (χ0) is 22.3. The number of hydrogen-bond donors (Lipinski definition) is 6. The van der Waals surface area contributed by atoms with E-state index in [2.05, 4.69) is 20.9 Å². The molecule has 2 rings (SSSR count). The molecule has 30 heavy (non-hydrogen) atoms. The van der Waals surface area contributed by atoms with Gasteiger partial charge in [-0.15, -0.1) is 0 Å². The largest absolute Gasteiger partial charge is 0.370 e. The number of carbonyl (C=O) groups excluding carboxylic acids is 4. The molecule has 0 saturated carbocycles. The van der Waals surface area contributed by atoms with Crippen molar-refractivity contribution in [1.82, 2.24) is 16.0 Å². The number of primary amides is 1. The summed E-state index contributed by atoms with van der Waals surface area (Å²) in [6, 6.07) is -1.98. The van der Waals surface area contributed by atoms with Crippen LogP contribution < -0.4 is 33.2 Å². The first-order valence-electron chi connectivity index (χ1n) is 10.5. The van der Waals surface area contributed by atoms with Gasteiger partial charge in [0, 0.05) is 24.9 Å². The predicted molar refractivity (Wildman–Crippen MR) is 111 cm³/mol. The molecule has 0 spiro atoms. The number of unbranched alkanes of at least 4 members (excludes halogenated alkanes) is 1. The van der Waals surface area contributed by atoms with E-state index in [-0.39, 0.29) is 30.1 Å². The number of aliphatic imine (C=N–C) groups is 1. The molecule has 0 aromatic rings. The van der Waals surface area contributed by atoms with E-state index in [1.807, 2.05) is 6.92 Å². The van der Waals surface area contributed by atoms with Gasteiger partial charge in [0.15, 0.2) is 11.7 Å². The second-order valence-electron chi connectivity index (χ2n) is 7.93. The average Bonchev–Trinajstić information content (AvgIpc) is 2.69. The Morgan fingerprint density at radius 3 is 2.33 bits per heavy atom. The quantitative estimate of drug-likeness (QED) is 0.131. The highest BCUT2D eigenvalue weighted by Gasteiger charge is 2.45. The Kier molecular flexibility index (Phi) is 8.58. The molecule has 0 aromatic heterocycles. The van der Waals surface area contributed by atoms with Crippen molar-refractivity contribution in [3.05, 3.63) is 0 Å². The van der Waals surface area contributed by atoms with Crippen molar-refractivity contribution >= 4 is 29.5 Å². The highest BCUT2D eigenvalue weighted by molar-refractivity contribution is 5.98. The number of piperazine rings is 1. The first kappa shape index (κ1) is 23.6. The van der Waals surface area contributed by atoms with E-state index in [1.165, 1.54) is 0 Å². The number of ketones is 1. The number of Topliss-reactive ketones (excluding diaryl/α,β-unsaturated/α-hetero) is 1. The van der Waals surface area contributed by atoms with Crippen molar-refractivity contribution in [3.63, 3.8) is 0 Å². The fourth-order valence-electron chi connectivity index (χ4n) is 4.04. The summed E-state index contributed by atoms with van der Waals surface area (Å²) in [5.41, 5.74) is 16.0. The van der Waals surface area contributed by atoms with Crippen LogP contribution in [0.4, 0.5) is 0 Å². The van der Waals surface area contributed by atoms with E-state index in [0.717, 1.165) is 12.8 Å². The van der Waals surface area contributed by atoms with Gasteiger partial charge in [0.1, 0.15) is 12.1 Å². The summed E-state index contributed by atoms with van der Waals surface area (Å²) in [5, 5.41) is 8.50. The molecule has 2 heterocycles. The molecule has 0 aromatic carbocycles. The third-order valence-corrected chi connectivity index (χ3v) is 5.70. The van der Waals surface area contributed by atoms with E-state index in [1.54, 1.807) is 0 Å². The normalized spacial score (nSPS) is 28.9. The summed E-state index contributed by atoms with van der Waals surface area (Å²) in [7, 11) is 0. The maximum Gasteiger partial charge on any atom is 0.240 e. The molecule has 2 aliphatic heterocycles. The molecule has 0 bridgehead atoms. The van der Waals surface area contributed by atoms with Crippen LogP contribution in [-0.4, -0.2) is 60.7 Å². The van der Waals surface area contributed by atoms with E-state index < -0.39 is 35.7 Å². The number of hydrogen-bond acceptors (Lipinski definition) is 6. The van der Waals surface area contributed by atoms with Crippen molar-refractivity contribution in [2.75, 3.05) is 13.1 Å². The zero-order valence-corrected chi connectivity index (χ0v) is 17.4. The molecule has 9 N–H and O–H groups in total. The summed E-state index contributed by atoms with van der Waals surface area (Å²) in [5.74, 6) is -2.98. The van der Waals surface area contributed by atoms with Crippen LogP contribution in [-0.2, 0) is 19.2 Å².